The van der Waals surface area contributed by atoms with Crippen LogP contribution in [0.4, 0.5) is 0 Å². The molecule has 1 aliphatic carbocycles. The molecule has 1 unspecified atom stereocenters. The van der Waals surface area contributed by atoms with Crippen LogP contribution in [0.3, 0.4) is 0 Å². The van der Waals surface area contributed by atoms with E-state index in [9.17, 15) is 5.11 Å². The number of aliphatic hydroxyl groups excluding tert-OH is 1. The van der Waals surface area contributed by atoms with Crippen LogP contribution < -0.4 is 5.73 Å². The Morgan fingerprint density at radius 1 is 1.40 bits per heavy atom. The van der Waals surface area contributed by atoms with Crippen molar-refractivity contribution in [1.29, 1.82) is 0 Å². The minimum atomic E-state index is -0.268. The predicted molar refractivity (Wildman–Crippen MR) is 62.0 cm³/mol. The summed E-state index contributed by atoms with van der Waals surface area (Å²) >= 11 is 0. The highest BCUT2D eigenvalue weighted by Gasteiger charge is 2.28. The molecule has 0 saturated carbocycles. The lowest BCUT2D eigenvalue weighted by molar-refractivity contribution is 0.209. The molecule has 1 aromatic rings. The summed E-state index contributed by atoms with van der Waals surface area (Å²) in [5.74, 6) is 0. The van der Waals surface area contributed by atoms with Gasteiger partial charge in [0.15, 0.2) is 0 Å². The molecule has 15 heavy (non-hydrogen) atoms. The van der Waals surface area contributed by atoms with E-state index in [1.165, 1.54) is 29.5 Å². The third-order valence-electron chi connectivity index (χ3n) is 3.60. The summed E-state index contributed by atoms with van der Waals surface area (Å²) in [7, 11) is 0. The van der Waals surface area contributed by atoms with E-state index >= 15 is 0 Å². The van der Waals surface area contributed by atoms with E-state index in [2.05, 4.69) is 18.2 Å². The largest absolute Gasteiger partial charge is 0.395 e. The maximum Gasteiger partial charge on any atom is 0.0537 e. The highest BCUT2D eigenvalue weighted by molar-refractivity contribution is 5.42. The van der Waals surface area contributed by atoms with Crippen molar-refractivity contribution in [1.82, 2.24) is 0 Å². The van der Waals surface area contributed by atoms with Gasteiger partial charge in [0, 0.05) is 12.0 Å². The number of hydrogen-bond donors (Lipinski definition) is 2. The van der Waals surface area contributed by atoms with E-state index in [1.807, 2.05) is 6.92 Å². The molecule has 0 bridgehead atoms. The fraction of sp³-hybridized carbons (Fsp3) is 0.538. The first-order chi connectivity index (χ1) is 7.21. The van der Waals surface area contributed by atoms with Gasteiger partial charge in [0.2, 0.25) is 0 Å². The summed E-state index contributed by atoms with van der Waals surface area (Å²) in [6, 6.07) is 6.40. The molecule has 0 amide bonds. The Labute approximate surface area is 91.1 Å². The smallest absolute Gasteiger partial charge is 0.0537 e. The lowest BCUT2D eigenvalue weighted by Gasteiger charge is -2.28. The van der Waals surface area contributed by atoms with Crippen molar-refractivity contribution < 1.29 is 5.11 Å². The second-order valence-electron chi connectivity index (χ2n) is 4.72. The molecule has 1 aromatic carbocycles. The number of nitrogens with two attached hydrogens (primary N) is 1. The molecule has 0 fully saturated rings. The fourth-order valence-electron chi connectivity index (χ4n) is 2.44. The lowest BCUT2D eigenvalue weighted by Crippen LogP contribution is -2.36. The number of fused-ring (bicyclic) bond motifs is 1. The molecule has 1 aliphatic rings. The molecule has 2 heteroatoms. The normalized spacial score (nSPS) is 18.6. The number of hydrogen-bond acceptors (Lipinski definition) is 2. The first-order valence-corrected chi connectivity index (χ1v) is 5.63. The van der Waals surface area contributed by atoms with Crippen molar-refractivity contribution in [2.45, 2.75) is 31.6 Å². The number of rotatable bonds is 3. The second kappa shape index (κ2) is 3.95. The van der Waals surface area contributed by atoms with Crippen molar-refractivity contribution in [3.8, 4) is 0 Å². The van der Waals surface area contributed by atoms with Crippen molar-refractivity contribution >= 4 is 0 Å². The summed E-state index contributed by atoms with van der Waals surface area (Å²) in [4.78, 5) is 0. The van der Waals surface area contributed by atoms with Gasteiger partial charge in [0.1, 0.15) is 0 Å². The Balaban J connectivity index is 2.48. The van der Waals surface area contributed by atoms with Gasteiger partial charge >= 0.3 is 0 Å². The molecule has 1 atom stereocenters. The van der Waals surface area contributed by atoms with Crippen LogP contribution in [0, 0.1) is 0 Å². The van der Waals surface area contributed by atoms with Crippen LogP contribution in [0.15, 0.2) is 18.2 Å². The zero-order chi connectivity index (χ0) is 10.9. The van der Waals surface area contributed by atoms with Crippen LogP contribution in [0.2, 0.25) is 0 Å². The first kappa shape index (κ1) is 10.7. The highest BCUT2D eigenvalue weighted by atomic mass is 16.3. The van der Waals surface area contributed by atoms with Gasteiger partial charge in [-0.25, -0.2) is 0 Å². The zero-order valence-electron chi connectivity index (χ0n) is 9.29. The molecular weight excluding hydrogens is 186 g/mol. The monoisotopic (exact) mass is 205 g/mol. The van der Waals surface area contributed by atoms with E-state index in [-0.39, 0.29) is 12.0 Å². The summed E-state index contributed by atoms with van der Waals surface area (Å²) < 4.78 is 0. The Morgan fingerprint density at radius 2 is 2.20 bits per heavy atom. The van der Waals surface area contributed by atoms with Gasteiger partial charge in [-0.2, -0.15) is 0 Å². The molecule has 0 aliphatic heterocycles. The third-order valence-corrected chi connectivity index (χ3v) is 3.60. The molecule has 0 aromatic heterocycles. The standard InChI is InChI=1S/C13H19NO/c1-13(8-14,9-15)12-7-3-5-10-4-2-6-11(10)12/h3,5,7,15H,2,4,6,8-9,14H2,1H3. The van der Waals surface area contributed by atoms with Gasteiger partial charge in [-0.05, 0) is 36.0 Å². The Morgan fingerprint density at radius 3 is 2.87 bits per heavy atom. The van der Waals surface area contributed by atoms with Crippen molar-refractivity contribution in [3.05, 3.63) is 34.9 Å². The molecule has 2 nitrogen and oxygen atoms in total. The summed E-state index contributed by atoms with van der Waals surface area (Å²) in [5.41, 5.74) is 9.64. The second-order valence-corrected chi connectivity index (χ2v) is 4.72. The minimum Gasteiger partial charge on any atom is -0.395 e. The molecular formula is C13H19NO. The van der Waals surface area contributed by atoms with Crippen LogP contribution in [-0.2, 0) is 18.3 Å². The predicted octanol–water partition coefficient (Wildman–Crippen LogP) is 1.38. The third kappa shape index (κ3) is 1.68. The summed E-state index contributed by atoms with van der Waals surface area (Å²) in [6.45, 7) is 2.67. The zero-order valence-corrected chi connectivity index (χ0v) is 9.29. The average Bonchev–Trinajstić information content (AvgIpc) is 2.75. The van der Waals surface area contributed by atoms with Gasteiger partial charge < -0.3 is 10.8 Å². The Kier molecular flexibility index (Phi) is 2.81. The van der Waals surface area contributed by atoms with E-state index in [0.717, 1.165) is 6.42 Å². The fourth-order valence-corrected chi connectivity index (χ4v) is 2.44. The molecule has 0 spiro atoms. The molecule has 3 N–H and O–H groups in total. The maximum absolute atomic E-state index is 9.49. The van der Waals surface area contributed by atoms with Gasteiger partial charge in [-0.1, -0.05) is 25.1 Å². The average molecular weight is 205 g/mol. The maximum atomic E-state index is 9.49. The van der Waals surface area contributed by atoms with E-state index in [4.69, 9.17) is 5.73 Å². The van der Waals surface area contributed by atoms with E-state index < -0.39 is 0 Å². The van der Waals surface area contributed by atoms with Crippen molar-refractivity contribution in [2.24, 2.45) is 5.73 Å². The SMILES string of the molecule is CC(CN)(CO)c1cccc2c1CCC2. The molecule has 0 heterocycles. The number of benzene rings is 1. The first-order valence-electron chi connectivity index (χ1n) is 5.63. The molecule has 0 radical (unpaired) electrons. The van der Waals surface area contributed by atoms with Gasteiger partial charge in [-0.3, -0.25) is 0 Å². The summed E-state index contributed by atoms with van der Waals surface area (Å²) in [5, 5.41) is 9.49. The van der Waals surface area contributed by atoms with Crippen LogP contribution in [0.25, 0.3) is 0 Å². The van der Waals surface area contributed by atoms with Crippen molar-refractivity contribution in [2.75, 3.05) is 13.2 Å². The topological polar surface area (TPSA) is 46.2 Å². The summed E-state index contributed by atoms with van der Waals surface area (Å²) in [6.07, 6.45) is 3.55. The van der Waals surface area contributed by atoms with E-state index in [0.29, 0.717) is 6.54 Å². The van der Waals surface area contributed by atoms with Gasteiger partial charge in [0.05, 0.1) is 6.61 Å². The highest BCUT2D eigenvalue weighted by Crippen LogP contribution is 2.32. The molecule has 2 rings (SSSR count). The van der Waals surface area contributed by atoms with Gasteiger partial charge in [0.25, 0.3) is 0 Å². The molecule has 0 saturated heterocycles. The van der Waals surface area contributed by atoms with Gasteiger partial charge in [-0.15, -0.1) is 0 Å². The Hall–Kier alpha value is -0.860. The van der Waals surface area contributed by atoms with E-state index in [1.54, 1.807) is 0 Å². The lowest BCUT2D eigenvalue weighted by atomic mass is 9.80. The number of aryl methyl sites for hydroxylation is 1. The van der Waals surface area contributed by atoms with Crippen LogP contribution in [0.1, 0.15) is 30.0 Å². The quantitative estimate of drug-likeness (QED) is 0.783. The minimum absolute atomic E-state index is 0.125. The van der Waals surface area contributed by atoms with Crippen LogP contribution >= 0.6 is 0 Å². The molecule has 82 valence electrons. The van der Waals surface area contributed by atoms with Crippen LogP contribution in [0.5, 0.6) is 0 Å². The van der Waals surface area contributed by atoms with Crippen molar-refractivity contribution in [3.63, 3.8) is 0 Å². The number of aliphatic hydroxyl groups is 1. The van der Waals surface area contributed by atoms with Crippen LogP contribution in [-0.4, -0.2) is 18.3 Å². The Bertz CT molecular complexity index is 356.